The maximum atomic E-state index is 12.7. The van der Waals surface area contributed by atoms with Crippen LogP contribution in [0.1, 0.15) is 18.5 Å². The van der Waals surface area contributed by atoms with E-state index in [4.69, 9.17) is 5.73 Å². The van der Waals surface area contributed by atoms with E-state index in [2.05, 4.69) is 0 Å². The molecular weight excluding hydrogens is 195 g/mol. The highest BCUT2D eigenvalue weighted by atomic mass is 19.1. The molecule has 2 N–H and O–H groups in total. The Morgan fingerprint density at radius 1 is 1.47 bits per heavy atom. The minimum Gasteiger partial charge on any atom is -0.338 e. The topological polar surface area (TPSA) is 46.3 Å². The first-order valence-electron chi connectivity index (χ1n) is 4.77. The molecular formula is C11H15FN2O. The summed E-state index contributed by atoms with van der Waals surface area (Å²) in [7, 11) is 1.68. The minimum absolute atomic E-state index is 0.0119. The van der Waals surface area contributed by atoms with Crippen molar-refractivity contribution in [3.8, 4) is 0 Å². The molecule has 0 aliphatic heterocycles. The average Bonchev–Trinajstić information content (AvgIpc) is 2.27. The van der Waals surface area contributed by atoms with Gasteiger partial charge in [-0.25, -0.2) is 4.39 Å². The molecule has 0 saturated heterocycles. The molecule has 82 valence electrons. The Kier molecular flexibility index (Phi) is 3.80. The van der Waals surface area contributed by atoms with Gasteiger partial charge in [-0.15, -0.1) is 0 Å². The second-order valence-corrected chi connectivity index (χ2v) is 3.44. The van der Waals surface area contributed by atoms with Crippen LogP contribution < -0.4 is 5.73 Å². The van der Waals surface area contributed by atoms with E-state index in [9.17, 15) is 9.18 Å². The van der Waals surface area contributed by atoms with Gasteiger partial charge in [-0.1, -0.05) is 12.1 Å². The fraction of sp³-hybridized carbons (Fsp3) is 0.364. The van der Waals surface area contributed by atoms with Gasteiger partial charge in [0, 0.05) is 7.05 Å². The van der Waals surface area contributed by atoms with Gasteiger partial charge in [0.05, 0.1) is 12.6 Å². The zero-order valence-corrected chi connectivity index (χ0v) is 8.90. The molecule has 1 aromatic carbocycles. The second kappa shape index (κ2) is 4.89. The van der Waals surface area contributed by atoms with E-state index in [0.29, 0.717) is 0 Å². The lowest BCUT2D eigenvalue weighted by Crippen LogP contribution is -2.34. The Morgan fingerprint density at radius 3 is 2.47 bits per heavy atom. The van der Waals surface area contributed by atoms with Crippen LogP contribution >= 0.6 is 0 Å². The van der Waals surface area contributed by atoms with Crippen LogP contribution in [-0.2, 0) is 4.79 Å². The van der Waals surface area contributed by atoms with Crippen molar-refractivity contribution in [2.45, 2.75) is 13.0 Å². The Hall–Kier alpha value is -1.42. The van der Waals surface area contributed by atoms with Gasteiger partial charge < -0.3 is 10.6 Å². The number of rotatable bonds is 3. The Morgan fingerprint density at radius 2 is 2.00 bits per heavy atom. The van der Waals surface area contributed by atoms with Crippen molar-refractivity contribution in [1.82, 2.24) is 4.90 Å². The van der Waals surface area contributed by atoms with Gasteiger partial charge in [-0.3, -0.25) is 4.79 Å². The average molecular weight is 210 g/mol. The molecule has 0 aromatic heterocycles. The summed E-state index contributed by atoms with van der Waals surface area (Å²) in [6.45, 7) is 1.86. The summed E-state index contributed by atoms with van der Waals surface area (Å²) in [5.41, 5.74) is 6.15. The lowest BCUT2D eigenvalue weighted by molar-refractivity contribution is -0.130. The summed E-state index contributed by atoms with van der Waals surface area (Å²) in [4.78, 5) is 12.9. The molecule has 4 heteroatoms. The predicted molar refractivity (Wildman–Crippen MR) is 56.6 cm³/mol. The van der Waals surface area contributed by atoms with E-state index < -0.39 is 0 Å². The summed E-state index contributed by atoms with van der Waals surface area (Å²) in [6.07, 6.45) is 0. The third-order valence-corrected chi connectivity index (χ3v) is 2.50. The molecule has 0 bridgehead atoms. The summed E-state index contributed by atoms with van der Waals surface area (Å²) < 4.78 is 12.7. The first kappa shape index (κ1) is 11.7. The van der Waals surface area contributed by atoms with Crippen molar-refractivity contribution >= 4 is 5.91 Å². The van der Waals surface area contributed by atoms with Crippen LogP contribution in [0.2, 0.25) is 0 Å². The Bertz CT molecular complexity index is 337. The summed E-state index contributed by atoms with van der Waals surface area (Å²) in [5.74, 6) is -0.412. The molecule has 0 saturated carbocycles. The van der Waals surface area contributed by atoms with E-state index in [1.165, 1.54) is 12.1 Å². The van der Waals surface area contributed by atoms with Crippen LogP contribution in [-0.4, -0.2) is 24.4 Å². The van der Waals surface area contributed by atoms with Gasteiger partial charge in [-0.05, 0) is 24.6 Å². The van der Waals surface area contributed by atoms with E-state index in [0.717, 1.165) is 5.56 Å². The van der Waals surface area contributed by atoms with Gasteiger partial charge in [0.1, 0.15) is 5.82 Å². The summed E-state index contributed by atoms with van der Waals surface area (Å²) in [5, 5.41) is 0. The summed E-state index contributed by atoms with van der Waals surface area (Å²) in [6, 6.07) is 6.00. The fourth-order valence-corrected chi connectivity index (χ4v) is 1.32. The van der Waals surface area contributed by atoms with Crippen LogP contribution in [0, 0.1) is 5.82 Å². The van der Waals surface area contributed by atoms with E-state index >= 15 is 0 Å². The second-order valence-electron chi connectivity index (χ2n) is 3.44. The standard InChI is InChI=1S/C11H15FN2O/c1-8(14(2)11(15)7-13)9-3-5-10(12)6-4-9/h3-6,8H,7,13H2,1-2H3. The van der Waals surface area contributed by atoms with Crippen LogP contribution in [0.5, 0.6) is 0 Å². The molecule has 1 atom stereocenters. The lowest BCUT2D eigenvalue weighted by Gasteiger charge is -2.24. The molecule has 0 aliphatic rings. The third-order valence-electron chi connectivity index (χ3n) is 2.50. The maximum Gasteiger partial charge on any atom is 0.236 e. The molecule has 1 aromatic rings. The molecule has 1 unspecified atom stereocenters. The Balaban J connectivity index is 2.80. The highest BCUT2D eigenvalue weighted by Gasteiger charge is 2.15. The molecule has 0 aliphatic carbocycles. The SMILES string of the molecule is CC(c1ccc(F)cc1)N(C)C(=O)CN. The van der Waals surface area contributed by atoms with Crippen molar-refractivity contribution in [3.63, 3.8) is 0 Å². The van der Waals surface area contributed by atoms with Crippen LogP contribution in [0.25, 0.3) is 0 Å². The summed E-state index contributed by atoms with van der Waals surface area (Å²) >= 11 is 0. The van der Waals surface area contributed by atoms with Crippen LogP contribution in [0.15, 0.2) is 24.3 Å². The number of carbonyl (C=O) groups is 1. The third kappa shape index (κ3) is 2.76. The number of hydrogen-bond donors (Lipinski definition) is 1. The number of nitrogens with zero attached hydrogens (tertiary/aromatic N) is 1. The first-order chi connectivity index (χ1) is 7.06. The van der Waals surface area contributed by atoms with E-state index in [1.54, 1.807) is 24.1 Å². The van der Waals surface area contributed by atoms with Gasteiger partial charge in [0.15, 0.2) is 0 Å². The number of hydrogen-bond acceptors (Lipinski definition) is 2. The molecule has 0 heterocycles. The number of amides is 1. The molecule has 3 nitrogen and oxygen atoms in total. The van der Waals surface area contributed by atoms with Crippen molar-refractivity contribution in [2.24, 2.45) is 5.73 Å². The van der Waals surface area contributed by atoms with Crippen molar-refractivity contribution in [3.05, 3.63) is 35.6 Å². The lowest BCUT2D eigenvalue weighted by atomic mass is 10.1. The molecule has 0 radical (unpaired) electrons. The highest BCUT2D eigenvalue weighted by molar-refractivity contribution is 5.78. The molecule has 1 rings (SSSR count). The van der Waals surface area contributed by atoms with Crippen molar-refractivity contribution in [2.75, 3.05) is 13.6 Å². The highest BCUT2D eigenvalue weighted by Crippen LogP contribution is 2.18. The van der Waals surface area contributed by atoms with Crippen molar-refractivity contribution in [1.29, 1.82) is 0 Å². The van der Waals surface area contributed by atoms with Gasteiger partial charge in [0.2, 0.25) is 5.91 Å². The minimum atomic E-state index is -0.279. The largest absolute Gasteiger partial charge is 0.338 e. The van der Waals surface area contributed by atoms with Gasteiger partial charge >= 0.3 is 0 Å². The van der Waals surface area contributed by atoms with E-state index in [-0.39, 0.29) is 24.3 Å². The monoisotopic (exact) mass is 210 g/mol. The zero-order chi connectivity index (χ0) is 11.4. The fourth-order valence-electron chi connectivity index (χ4n) is 1.32. The quantitative estimate of drug-likeness (QED) is 0.817. The van der Waals surface area contributed by atoms with Gasteiger partial charge in [0.25, 0.3) is 0 Å². The normalized spacial score (nSPS) is 12.3. The zero-order valence-electron chi connectivity index (χ0n) is 8.90. The molecule has 1 amide bonds. The number of halogens is 1. The Labute approximate surface area is 88.7 Å². The predicted octanol–water partition coefficient (Wildman–Crippen LogP) is 1.30. The van der Waals surface area contributed by atoms with Crippen LogP contribution in [0.4, 0.5) is 4.39 Å². The van der Waals surface area contributed by atoms with E-state index in [1.807, 2.05) is 6.92 Å². The number of benzene rings is 1. The molecule has 0 fully saturated rings. The van der Waals surface area contributed by atoms with Gasteiger partial charge in [-0.2, -0.15) is 0 Å². The maximum absolute atomic E-state index is 12.7. The number of carbonyl (C=O) groups excluding carboxylic acids is 1. The van der Waals surface area contributed by atoms with Crippen LogP contribution in [0.3, 0.4) is 0 Å². The number of nitrogens with two attached hydrogens (primary N) is 1. The van der Waals surface area contributed by atoms with Crippen molar-refractivity contribution < 1.29 is 9.18 Å². The number of likely N-dealkylation sites (N-methyl/N-ethyl adjacent to an activating group) is 1. The first-order valence-corrected chi connectivity index (χ1v) is 4.77. The smallest absolute Gasteiger partial charge is 0.236 e. The molecule has 15 heavy (non-hydrogen) atoms. The molecule has 0 spiro atoms.